The second-order valence-corrected chi connectivity index (χ2v) is 19.5. The van der Waals surface area contributed by atoms with E-state index in [1.165, 1.54) is 30.4 Å². The van der Waals surface area contributed by atoms with E-state index in [9.17, 15) is 23.7 Å². The molecule has 1 unspecified atom stereocenters. The van der Waals surface area contributed by atoms with Gasteiger partial charge in [-0.25, -0.2) is 9.48 Å². The van der Waals surface area contributed by atoms with E-state index < -0.39 is 43.4 Å². The van der Waals surface area contributed by atoms with Crippen molar-refractivity contribution in [3.8, 4) is 5.75 Å². The normalized spacial score (nSPS) is 22.7. The molecule has 4 fully saturated rings. The van der Waals surface area contributed by atoms with Crippen molar-refractivity contribution in [2.75, 3.05) is 44.8 Å². The van der Waals surface area contributed by atoms with Gasteiger partial charge in [-0.05, 0) is 92.8 Å². The SMILES string of the molecule is CCCOC(=O)[C@H](C)NP(=O)(Oc1ccccc1)[C@@H](F)c1ccc2sc(C(=O)N[C@H]3CCC[C@H]4CC[C@@H](C(=O)N5CC(c6cnccc6N6CC(OC)C6)C5)N4C3=O)cc2c1. The molecule has 0 bridgehead atoms. The van der Waals surface area contributed by atoms with E-state index in [4.69, 9.17) is 14.0 Å². The van der Waals surface area contributed by atoms with Gasteiger partial charge in [-0.1, -0.05) is 31.2 Å². The molecule has 324 valence electrons. The molecule has 3 amide bonds. The molecule has 6 heterocycles. The van der Waals surface area contributed by atoms with Crippen molar-refractivity contribution < 1.29 is 42.1 Å². The number of benzene rings is 2. The van der Waals surface area contributed by atoms with E-state index in [-0.39, 0.29) is 47.8 Å². The number of anilines is 1. The van der Waals surface area contributed by atoms with E-state index >= 15 is 4.39 Å². The Kier molecular flexibility index (Phi) is 12.8. The maximum Gasteiger partial charge on any atom is 0.355 e. The predicted molar refractivity (Wildman–Crippen MR) is 230 cm³/mol. The van der Waals surface area contributed by atoms with Gasteiger partial charge in [-0.2, -0.15) is 0 Å². The Hall–Kier alpha value is -4.89. The van der Waals surface area contributed by atoms with Crippen LogP contribution in [-0.2, 0) is 28.4 Å². The first kappa shape index (κ1) is 42.8. The molecule has 61 heavy (non-hydrogen) atoms. The lowest BCUT2D eigenvalue weighted by molar-refractivity contribution is -0.148. The number of hydrogen-bond donors (Lipinski definition) is 2. The fourth-order valence-electron chi connectivity index (χ4n) is 8.76. The minimum absolute atomic E-state index is 0.0265. The molecular formula is C44H52FN6O8PS. The largest absolute Gasteiger partial charge is 0.465 e. The number of likely N-dealkylation sites (tertiary alicyclic amines) is 1. The number of methoxy groups -OCH3 is 1. The lowest BCUT2D eigenvalue weighted by atomic mass is 9.89. The Bertz CT molecular complexity index is 2310. The average Bonchev–Trinajstić information content (AvgIpc) is 3.82. The Labute approximate surface area is 358 Å². The number of halogens is 1. The fourth-order valence-corrected chi connectivity index (χ4v) is 11.6. The van der Waals surface area contributed by atoms with Gasteiger partial charge in [-0.3, -0.25) is 28.7 Å². The van der Waals surface area contributed by atoms with Crippen molar-refractivity contribution in [3.63, 3.8) is 0 Å². The highest BCUT2D eigenvalue weighted by Crippen LogP contribution is 2.58. The van der Waals surface area contributed by atoms with Gasteiger partial charge in [0.15, 0.2) is 0 Å². The maximum absolute atomic E-state index is 16.5. The van der Waals surface area contributed by atoms with Crippen LogP contribution in [0.2, 0.25) is 0 Å². The van der Waals surface area contributed by atoms with Crippen molar-refractivity contribution in [2.24, 2.45) is 0 Å². The lowest BCUT2D eigenvalue weighted by Crippen LogP contribution is -2.59. The number of para-hydroxylation sites is 1. The van der Waals surface area contributed by atoms with Crippen LogP contribution in [0, 0.1) is 0 Å². The molecule has 0 spiro atoms. The maximum atomic E-state index is 16.5. The van der Waals surface area contributed by atoms with Crippen molar-refractivity contribution >= 4 is 58.3 Å². The number of rotatable bonds is 15. The summed E-state index contributed by atoms with van der Waals surface area (Å²) in [6, 6.07) is 13.8. The first-order valence-electron chi connectivity index (χ1n) is 21.1. The Morgan fingerprint density at radius 2 is 1.80 bits per heavy atom. The zero-order valence-electron chi connectivity index (χ0n) is 34.5. The van der Waals surface area contributed by atoms with Crippen LogP contribution in [0.3, 0.4) is 0 Å². The van der Waals surface area contributed by atoms with Gasteiger partial charge in [0, 0.05) is 73.6 Å². The molecule has 0 aliphatic carbocycles. The summed E-state index contributed by atoms with van der Waals surface area (Å²) in [7, 11) is -2.72. The molecule has 4 saturated heterocycles. The van der Waals surface area contributed by atoms with Gasteiger partial charge >= 0.3 is 13.5 Å². The molecule has 6 atom stereocenters. The summed E-state index contributed by atoms with van der Waals surface area (Å²) < 4.78 is 47.9. The van der Waals surface area contributed by atoms with E-state index in [1.807, 2.05) is 24.1 Å². The van der Waals surface area contributed by atoms with E-state index in [0.29, 0.717) is 47.3 Å². The molecule has 4 aromatic rings. The average molecular weight is 875 g/mol. The van der Waals surface area contributed by atoms with E-state index in [2.05, 4.69) is 20.3 Å². The van der Waals surface area contributed by atoms with Crippen molar-refractivity contribution in [1.82, 2.24) is 25.2 Å². The highest BCUT2D eigenvalue weighted by Gasteiger charge is 2.48. The number of alkyl halides is 1. The molecule has 4 aliphatic rings. The number of esters is 1. The smallest absolute Gasteiger partial charge is 0.355 e. The monoisotopic (exact) mass is 874 g/mol. The van der Waals surface area contributed by atoms with Gasteiger partial charge in [0.2, 0.25) is 17.7 Å². The number of nitrogens with zero attached hydrogens (tertiary/aromatic N) is 4. The van der Waals surface area contributed by atoms with Crippen molar-refractivity contribution in [3.05, 3.63) is 89.1 Å². The highest BCUT2D eigenvalue weighted by molar-refractivity contribution is 7.57. The van der Waals surface area contributed by atoms with Crippen LogP contribution >= 0.6 is 18.9 Å². The molecule has 4 aliphatic heterocycles. The van der Waals surface area contributed by atoms with Gasteiger partial charge in [0.25, 0.3) is 5.91 Å². The molecule has 17 heteroatoms. The van der Waals surface area contributed by atoms with Gasteiger partial charge in [-0.15, -0.1) is 11.3 Å². The van der Waals surface area contributed by atoms with Crippen LogP contribution in [0.4, 0.5) is 10.1 Å². The third-order valence-corrected chi connectivity index (χ3v) is 15.4. The number of ether oxygens (including phenoxy) is 2. The third kappa shape index (κ3) is 8.91. The Morgan fingerprint density at radius 3 is 2.56 bits per heavy atom. The number of nitrogens with one attached hydrogen (secondary N) is 2. The van der Waals surface area contributed by atoms with Gasteiger partial charge in [0.1, 0.15) is 23.9 Å². The summed E-state index contributed by atoms with van der Waals surface area (Å²) in [5.74, 6) is -3.32. The summed E-state index contributed by atoms with van der Waals surface area (Å²) in [5.41, 5.74) is 2.27. The summed E-state index contributed by atoms with van der Waals surface area (Å²) in [4.78, 5) is 65.2. The number of aromatic nitrogens is 1. The first-order chi connectivity index (χ1) is 29.5. The van der Waals surface area contributed by atoms with Crippen molar-refractivity contribution in [1.29, 1.82) is 0 Å². The topological polar surface area (TPSA) is 160 Å². The quantitative estimate of drug-likeness (QED) is 0.0983. The van der Waals surface area contributed by atoms with Crippen LogP contribution < -0.4 is 19.8 Å². The number of pyridine rings is 1. The minimum atomic E-state index is -4.44. The fraction of sp³-hybridized carbons (Fsp3) is 0.477. The first-order valence-corrected chi connectivity index (χ1v) is 23.6. The van der Waals surface area contributed by atoms with Crippen LogP contribution in [0.15, 0.2) is 73.1 Å². The number of carbonyl (C=O) groups excluding carboxylic acids is 4. The molecule has 2 aromatic carbocycles. The van der Waals surface area contributed by atoms with Crippen LogP contribution in [-0.4, -0.2) is 109 Å². The zero-order chi connectivity index (χ0) is 42.8. The summed E-state index contributed by atoms with van der Waals surface area (Å²) >= 11 is 1.19. The zero-order valence-corrected chi connectivity index (χ0v) is 36.2. The van der Waals surface area contributed by atoms with Crippen molar-refractivity contribution in [2.45, 2.75) is 94.5 Å². The Balaban J connectivity index is 0.930. The lowest BCUT2D eigenvalue weighted by Gasteiger charge is -2.45. The summed E-state index contributed by atoms with van der Waals surface area (Å²) in [6.45, 7) is 6.19. The second kappa shape index (κ2) is 18.2. The molecule has 8 rings (SSSR count). The molecule has 0 radical (unpaired) electrons. The molecular weight excluding hydrogens is 823 g/mol. The number of amides is 3. The molecule has 2 N–H and O–H groups in total. The predicted octanol–water partition coefficient (Wildman–Crippen LogP) is 6.57. The number of hydrogen-bond acceptors (Lipinski definition) is 11. The summed E-state index contributed by atoms with van der Waals surface area (Å²) in [6.07, 6.45) is 7.71. The number of fused-ring (bicyclic) bond motifs is 2. The summed E-state index contributed by atoms with van der Waals surface area (Å²) in [5, 5.41) is 6.08. The van der Waals surface area contributed by atoms with Crippen LogP contribution in [0.5, 0.6) is 5.75 Å². The minimum Gasteiger partial charge on any atom is -0.465 e. The number of thiophene rings is 1. The standard InChI is InChI=1S/C44H52FN6O8PS/c1-4-19-58-44(55)27(2)48-60(56,59-32-10-6-5-7-11-32)40(45)28-13-16-38-29(20-28)21-39(61-38)41(52)47-35-12-8-9-31-14-15-37(51(31)42(35)53)43(54)50-23-30(24-50)34-22-46-18-17-36(34)49-25-33(26-49)57-3/h5-7,10-11,13,16-18,20-22,27,30-31,33,35,37,40H,4,8-9,12,14-15,19,23-26H2,1-3H3,(H,47,52)(H,48,56)/t27-,31-,35-,37-,40+,60?/m0/s1. The Morgan fingerprint density at radius 1 is 1.02 bits per heavy atom. The molecule has 2 aromatic heterocycles. The second-order valence-electron chi connectivity index (χ2n) is 16.4. The molecule has 0 saturated carbocycles. The molecule has 14 nitrogen and oxygen atoms in total. The van der Waals surface area contributed by atoms with Crippen LogP contribution in [0.25, 0.3) is 10.1 Å². The van der Waals surface area contributed by atoms with Gasteiger partial charge < -0.3 is 34.0 Å². The van der Waals surface area contributed by atoms with E-state index in [0.717, 1.165) is 43.6 Å². The van der Waals surface area contributed by atoms with Crippen LogP contribution in [0.1, 0.15) is 85.0 Å². The van der Waals surface area contributed by atoms with E-state index in [1.54, 1.807) is 60.7 Å². The highest BCUT2D eigenvalue weighted by atomic mass is 32.1. The number of carbonyl (C=O) groups is 4. The van der Waals surface area contributed by atoms with Gasteiger partial charge in [0.05, 0.1) is 17.6 Å². The third-order valence-electron chi connectivity index (χ3n) is 12.2.